The van der Waals surface area contributed by atoms with E-state index in [1.165, 1.54) is 12.4 Å². The van der Waals surface area contributed by atoms with Gasteiger partial charge >= 0.3 is 6.01 Å². The summed E-state index contributed by atoms with van der Waals surface area (Å²) in [5.41, 5.74) is 0.409. The van der Waals surface area contributed by atoms with Crippen LogP contribution in [0.15, 0.2) is 36.7 Å². The molecule has 86 valence electrons. The quantitative estimate of drug-likeness (QED) is 0.752. The lowest BCUT2D eigenvalue weighted by atomic mass is 10.3. The van der Waals surface area contributed by atoms with Crippen LogP contribution < -0.4 is 9.47 Å². The Labute approximate surface area is 98.0 Å². The summed E-state index contributed by atoms with van der Waals surface area (Å²) in [6.45, 7) is 0. The molecule has 0 atom stereocenters. The van der Waals surface area contributed by atoms with E-state index in [9.17, 15) is 4.79 Å². The van der Waals surface area contributed by atoms with Gasteiger partial charge in [-0.2, -0.15) is 0 Å². The number of carbonyl (C=O) groups excluding carboxylic acids is 1. The Bertz CT molecular complexity index is 494. The third kappa shape index (κ3) is 2.78. The van der Waals surface area contributed by atoms with Gasteiger partial charge in [0.25, 0.3) is 0 Å². The number of aromatic nitrogens is 2. The normalized spacial score (nSPS) is 9.71. The van der Waals surface area contributed by atoms with E-state index in [1.807, 2.05) is 0 Å². The van der Waals surface area contributed by atoms with E-state index in [2.05, 4.69) is 9.97 Å². The standard InChI is InChI=1S/C12H10N2O3/c1-16-10-2-4-11(5-3-10)17-12-13-6-9(8-15)7-14-12/h2-8H,1H3. The molecular weight excluding hydrogens is 220 g/mol. The van der Waals surface area contributed by atoms with Crippen molar-refractivity contribution in [2.75, 3.05) is 7.11 Å². The first-order valence-corrected chi connectivity index (χ1v) is 4.91. The van der Waals surface area contributed by atoms with Crippen LogP contribution in [-0.4, -0.2) is 23.4 Å². The second kappa shape index (κ2) is 5.07. The highest BCUT2D eigenvalue weighted by atomic mass is 16.5. The minimum absolute atomic E-state index is 0.195. The van der Waals surface area contributed by atoms with Crippen molar-refractivity contribution >= 4 is 6.29 Å². The van der Waals surface area contributed by atoms with Gasteiger partial charge in [-0.25, -0.2) is 9.97 Å². The van der Waals surface area contributed by atoms with E-state index in [-0.39, 0.29) is 6.01 Å². The van der Waals surface area contributed by atoms with Gasteiger partial charge in [0.15, 0.2) is 6.29 Å². The molecule has 0 spiro atoms. The lowest BCUT2D eigenvalue weighted by Crippen LogP contribution is -1.93. The van der Waals surface area contributed by atoms with Crippen molar-refractivity contribution in [3.05, 3.63) is 42.2 Å². The SMILES string of the molecule is COc1ccc(Oc2ncc(C=O)cn2)cc1. The molecule has 1 heterocycles. The van der Waals surface area contributed by atoms with Crippen LogP contribution in [-0.2, 0) is 0 Å². The van der Waals surface area contributed by atoms with Crippen LogP contribution in [0.4, 0.5) is 0 Å². The Morgan fingerprint density at radius 1 is 1.06 bits per heavy atom. The number of benzene rings is 1. The molecule has 0 aliphatic carbocycles. The third-order valence-corrected chi connectivity index (χ3v) is 2.05. The van der Waals surface area contributed by atoms with E-state index in [4.69, 9.17) is 9.47 Å². The lowest BCUT2D eigenvalue weighted by Gasteiger charge is -2.04. The van der Waals surface area contributed by atoms with Crippen molar-refractivity contribution < 1.29 is 14.3 Å². The van der Waals surface area contributed by atoms with Gasteiger partial charge in [0.2, 0.25) is 0 Å². The number of hydrogen-bond acceptors (Lipinski definition) is 5. The summed E-state index contributed by atoms with van der Waals surface area (Å²) in [5, 5.41) is 0. The van der Waals surface area contributed by atoms with Crippen molar-refractivity contribution in [2.45, 2.75) is 0 Å². The van der Waals surface area contributed by atoms with Crippen molar-refractivity contribution in [3.8, 4) is 17.5 Å². The number of aldehydes is 1. The highest BCUT2D eigenvalue weighted by molar-refractivity contribution is 5.73. The number of rotatable bonds is 4. The number of nitrogens with zero attached hydrogens (tertiary/aromatic N) is 2. The molecule has 0 radical (unpaired) electrons. The number of hydrogen-bond donors (Lipinski definition) is 0. The average Bonchev–Trinajstić information content (AvgIpc) is 2.40. The zero-order valence-electron chi connectivity index (χ0n) is 9.16. The van der Waals surface area contributed by atoms with Crippen molar-refractivity contribution in [3.63, 3.8) is 0 Å². The topological polar surface area (TPSA) is 61.3 Å². The molecule has 0 bridgehead atoms. The maximum Gasteiger partial charge on any atom is 0.321 e. The maximum atomic E-state index is 10.4. The van der Waals surface area contributed by atoms with Crippen LogP contribution in [0.25, 0.3) is 0 Å². The van der Waals surface area contributed by atoms with Gasteiger partial charge in [0.05, 0.1) is 12.7 Å². The van der Waals surface area contributed by atoms with Crippen LogP contribution in [0.2, 0.25) is 0 Å². The maximum absolute atomic E-state index is 10.4. The second-order valence-corrected chi connectivity index (χ2v) is 3.19. The highest BCUT2D eigenvalue weighted by Gasteiger charge is 2.00. The number of methoxy groups -OCH3 is 1. The predicted octanol–water partition coefficient (Wildman–Crippen LogP) is 2.09. The van der Waals surface area contributed by atoms with Crippen LogP contribution >= 0.6 is 0 Å². The van der Waals surface area contributed by atoms with Gasteiger partial charge in [0, 0.05) is 12.4 Å². The summed E-state index contributed by atoms with van der Waals surface area (Å²) >= 11 is 0. The number of ether oxygens (including phenoxy) is 2. The molecular formula is C12H10N2O3. The van der Waals surface area contributed by atoms with Gasteiger partial charge in [0.1, 0.15) is 11.5 Å². The molecule has 0 saturated heterocycles. The first kappa shape index (κ1) is 11.1. The fourth-order valence-electron chi connectivity index (χ4n) is 1.19. The molecule has 0 amide bonds. The van der Waals surface area contributed by atoms with Crippen molar-refractivity contribution in [1.82, 2.24) is 9.97 Å². The Morgan fingerprint density at radius 2 is 1.65 bits per heavy atom. The largest absolute Gasteiger partial charge is 0.497 e. The second-order valence-electron chi connectivity index (χ2n) is 3.19. The molecule has 0 fully saturated rings. The van der Waals surface area contributed by atoms with Gasteiger partial charge in [-0.15, -0.1) is 0 Å². The number of carbonyl (C=O) groups is 1. The van der Waals surface area contributed by atoms with Crippen LogP contribution in [0.3, 0.4) is 0 Å². The van der Waals surface area contributed by atoms with Crippen LogP contribution in [0, 0.1) is 0 Å². The fraction of sp³-hybridized carbons (Fsp3) is 0.0833. The van der Waals surface area contributed by atoms with Crippen LogP contribution in [0.5, 0.6) is 17.5 Å². The van der Waals surface area contributed by atoms with Gasteiger partial charge < -0.3 is 9.47 Å². The molecule has 17 heavy (non-hydrogen) atoms. The molecule has 0 saturated carbocycles. The lowest BCUT2D eigenvalue weighted by molar-refractivity contribution is 0.112. The first-order chi connectivity index (χ1) is 8.31. The molecule has 2 rings (SSSR count). The van der Waals surface area contributed by atoms with Crippen molar-refractivity contribution in [1.29, 1.82) is 0 Å². The van der Waals surface area contributed by atoms with E-state index >= 15 is 0 Å². The molecule has 0 N–H and O–H groups in total. The first-order valence-electron chi connectivity index (χ1n) is 4.91. The fourth-order valence-corrected chi connectivity index (χ4v) is 1.19. The third-order valence-electron chi connectivity index (χ3n) is 2.05. The summed E-state index contributed by atoms with van der Waals surface area (Å²) in [4.78, 5) is 18.2. The minimum atomic E-state index is 0.195. The summed E-state index contributed by atoms with van der Waals surface area (Å²) in [6, 6.07) is 7.23. The molecule has 1 aromatic carbocycles. The van der Waals surface area contributed by atoms with Gasteiger partial charge in [-0.05, 0) is 24.3 Å². The smallest absolute Gasteiger partial charge is 0.321 e. The minimum Gasteiger partial charge on any atom is -0.497 e. The Balaban J connectivity index is 2.10. The molecule has 0 unspecified atom stereocenters. The van der Waals surface area contributed by atoms with Gasteiger partial charge in [-0.1, -0.05) is 0 Å². The van der Waals surface area contributed by atoms with E-state index in [1.54, 1.807) is 31.4 Å². The molecule has 0 aliphatic heterocycles. The monoisotopic (exact) mass is 230 g/mol. The zero-order valence-corrected chi connectivity index (χ0v) is 9.16. The van der Waals surface area contributed by atoms with Gasteiger partial charge in [-0.3, -0.25) is 4.79 Å². The van der Waals surface area contributed by atoms with Crippen molar-refractivity contribution in [2.24, 2.45) is 0 Å². The Hall–Kier alpha value is -2.43. The van der Waals surface area contributed by atoms with E-state index in [0.29, 0.717) is 17.6 Å². The Kier molecular flexibility index (Phi) is 3.30. The highest BCUT2D eigenvalue weighted by Crippen LogP contribution is 2.20. The summed E-state index contributed by atoms with van der Waals surface area (Å²) < 4.78 is 10.4. The summed E-state index contributed by atoms with van der Waals surface area (Å²) in [5.74, 6) is 1.35. The van der Waals surface area contributed by atoms with E-state index < -0.39 is 0 Å². The zero-order chi connectivity index (χ0) is 12.1. The molecule has 5 nitrogen and oxygen atoms in total. The Morgan fingerprint density at radius 3 is 2.18 bits per heavy atom. The summed E-state index contributed by atoms with van der Waals surface area (Å²) in [7, 11) is 1.59. The average molecular weight is 230 g/mol. The predicted molar refractivity (Wildman–Crippen MR) is 60.5 cm³/mol. The molecule has 1 aromatic heterocycles. The summed E-state index contributed by atoms with van der Waals surface area (Å²) in [6.07, 6.45) is 3.48. The molecule has 5 heteroatoms. The van der Waals surface area contributed by atoms with Crippen LogP contribution in [0.1, 0.15) is 10.4 Å². The molecule has 2 aromatic rings. The van der Waals surface area contributed by atoms with E-state index in [0.717, 1.165) is 5.75 Å². The molecule has 0 aliphatic rings.